The fourth-order valence-corrected chi connectivity index (χ4v) is 2.60. The van der Waals surface area contributed by atoms with E-state index in [0.717, 1.165) is 18.7 Å². The second-order valence-electron chi connectivity index (χ2n) is 4.87. The summed E-state index contributed by atoms with van der Waals surface area (Å²) in [6.45, 7) is 3.23. The average Bonchev–Trinajstić information content (AvgIpc) is 2.78. The van der Waals surface area contributed by atoms with Crippen molar-refractivity contribution in [3.8, 4) is 11.3 Å². The second-order valence-corrected chi connectivity index (χ2v) is 4.87. The Hall–Kier alpha value is -2.22. The van der Waals surface area contributed by atoms with Crippen LogP contribution in [0.4, 0.5) is 5.69 Å². The van der Waals surface area contributed by atoms with E-state index in [9.17, 15) is 0 Å². The zero-order valence-electron chi connectivity index (χ0n) is 11.1. The third-order valence-electron chi connectivity index (χ3n) is 3.44. The molecule has 0 spiro atoms. The van der Waals surface area contributed by atoms with Crippen molar-refractivity contribution in [1.82, 2.24) is 4.57 Å². The molecule has 0 bridgehead atoms. The van der Waals surface area contributed by atoms with Crippen molar-refractivity contribution in [3.05, 3.63) is 54.6 Å². The number of nitrogens with two attached hydrogens (primary N) is 1. The minimum absolute atomic E-state index is 0.820. The summed E-state index contributed by atoms with van der Waals surface area (Å²) in [5.41, 5.74) is 10.5. The van der Waals surface area contributed by atoms with Crippen LogP contribution in [0.2, 0.25) is 0 Å². The molecule has 2 aromatic carbocycles. The van der Waals surface area contributed by atoms with Crippen LogP contribution in [0.5, 0.6) is 0 Å². The van der Waals surface area contributed by atoms with Crippen molar-refractivity contribution in [1.29, 1.82) is 0 Å². The normalized spacial score (nSPS) is 11.0. The first-order valence-electron chi connectivity index (χ1n) is 6.74. The molecule has 2 heteroatoms. The quantitative estimate of drug-likeness (QED) is 0.690. The first-order chi connectivity index (χ1) is 9.29. The first-order valence-corrected chi connectivity index (χ1v) is 6.74. The number of anilines is 1. The maximum atomic E-state index is 5.89. The highest BCUT2D eigenvalue weighted by Crippen LogP contribution is 2.29. The number of aryl methyl sites for hydroxylation is 1. The number of rotatable bonds is 3. The van der Waals surface area contributed by atoms with Crippen LogP contribution in [-0.2, 0) is 6.54 Å². The Morgan fingerprint density at radius 2 is 1.79 bits per heavy atom. The summed E-state index contributed by atoms with van der Waals surface area (Å²) < 4.78 is 2.38. The van der Waals surface area contributed by atoms with Crippen molar-refractivity contribution in [2.24, 2.45) is 0 Å². The Kier molecular flexibility index (Phi) is 3.00. The van der Waals surface area contributed by atoms with Gasteiger partial charge in [0, 0.05) is 28.8 Å². The van der Waals surface area contributed by atoms with Crippen LogP contribution in [-0.4, -0.2) is 4.57 Å². The molecule has 96 valence electrons. The largest absolute Gasteiger partial charge is 0.399 e. The molecule has 2 N–H and O–H groups in total. The predicted octanol–water partition coefficient (Wildman–Crippen LogP) is 4.30. The summed E-state index contributed by atoms with van der Waals surface area (Å²) in [6, 6.07) is 18.9. The molecule has 0 saturated heterocycles. The van der Waals surface area contributed by atoms with E-state index < -0.39 is 0 Å². The second kappa shape index (κ2) is 4.81. The number of benzene rings is 2. The van der Waals surface area contributed by atoms with Crippen LogP contribution in [0.3, 0.4) is 0 Å². The fourth-order valence-electron chi connectivity index (χ4n) is 2.60. The van der Waals surface area contributed by atoms with E-state index in [0.29, 0.717) is 0 Å². The molecule has 1 aromatic heterocycles. The zero-order valence-corrected chi connectivity index (χ0v) is 11.1. The molecule has 0 unspecified atom stereocenters. The number of fused-ring (bicyclic) bond motifs is 1. The lowest BCUT2D eigenvalue weighted by molar-refractivity contribution is 0.709. The van der Waals surface area contributed by atoms with Gasteiger partial charge in [0.1, 0.15) is 0 Å². The molecule has 3 rings (SSSR count). The first kappa shape index (κ1) is 11.8. The van der Waals surface area contributed by atoms with Crippen molar-refractivity contribution >= 4 is 16.6 Å². The van der Waals surface area contributed by atoms with Gasteiger partial charge in [-0.2, -0.15) is 0 Å². The third-order valence-corrected chi connectivity index (χ3v) is 3.44. The van der Waals surface area contributed by atoms with Crippen molar-refractivity contribution < 1.29 is 0 Å². The maximum Gasteiger partial charge on any atom is 0.0491 e. The van der Waals surface area contributed by atoms with E-state index in [4.69, 9.17) is 5.73 Å². The number of hydrogen-bond donors (Lipinski definition) is 1. The molecule has 0 fully saturated rings. The molecule has 0 atom stereocenters. The number of aromatic nitrogens is 1. The van der Waals surface area contributed by atoms with Gasteiger partial charge in [0.25, 0.3) is 0 Å². The van der Waals surface area contributed by atoms with E-state index in [1.165, 1.54) is 22.2 Å². The highest BCUT2D eigenvalue weighted by Gasteiger charge is 2.09. The summed E-state index contributed by atoms with van der Waals surface area (Å²) in [5.74, 6) is 0. The van der Waals surface area contributed by atoms with Crippen LogP contribution in [0.25, 0.3) is 22.2 Å². The molecule has 2 nitrogen and oxygen atoms in total. The minimum Gasteiger partial charge on any atom is -0.399 e. The lowest BCUT2D eigenvalue weighted by atomic mass is 10.1. The summed E-state index contributed by atoms with van der Waals surface area (Å²) >= 11 is 0. The van der Waals surface area contributed by atoms with Gasteiger partial charge in [0.2, 0.25) is 0 Å². The SMILES string of the molecule is CCCn1c(-c2ccccc2)cc2cc(N)ccc21. The van der Waals surface area contributed by atoms with Gasteiger partial charge in [-0.3, -0.25) is 0 Å². The Bertz CT molecular complexity index is 696. The molecule has 0 amide bonds. The fraction of sp³-hybridized carbons (Fsp3) is 0.176. The van der Waals surface area contributed by atoms with Gasteiger partial charge in [0.05, 0.1) is 0 Å². The average molecular weight is 250 g/mol. The Balaban J connectivity index is 2.26. The Morgan fingerprint density at radius 1 is 1.00 bits per heavy atom. The minimum atomic E-state index is 0.820. The van der Waals surface area contributed by atoms with Gasteiger partial charge < -0.3 is 10.3 Å². The van der Waals surface area contributed by atoms with Crippen LogP contribution < -0.4 is 5.73 Å². The molecule has 0 aliphatic carbocycles. The van der Waals surface area contributed by atoms with Gasteiger partial charge in [-0.05, 0) is 36.2 Å². The monoisotopic (exact) mass is 250 g/mol. The zero-order chi connectivity index (χ0) is 13.2. The van der Waals surface area contributed by atoms with Crippen molar-refractivity contribution in [2.75, 3.05) is 5.73 Å². The molecular weight excluding hydrogens is 232 g/mol. The van der Waals surface area contributed by atoms with Crippen molar-refractivity contribution in [2.45, 2.75) is 19.9 Å². The van der Waals surface area contributed by atoms with Gasteiger partial charge >= 0.3 is 0 Å². The highest BCUT2D eigenvalue weighted by molar-refractivity contribution is 5.89. The molecular formula is C17H18N2. The molecule has 0 radical (unpaired) electrons. The lowest BCUT2D eigenvalue weighted by Crippen LogP contribution is -1.98. The Morgan fingerprint density at radius 3 is 2.53 bits per heavy atom. The Labute approximate surface area is 113 Å². The maximum absolute atomic E-state index is 5.89. The molecule has 0 aliphatic heterocycles. The van der Waals surface area contributed by atoms with Crippen LogP contribution in [0.15, 0.2) is 54.6 Å². The van der Waals surface area contributed by atoms with E-state index >= 15 is 0 Å². The van der Waals surface area contributed by atoms with E-state index in [1.54, 1.807) is 0 Å². The summed E-state index contributed by atoms with van der Waals surface area (Å²) in [5, 5.41) is 1.22. The van der Waals surface area contributed by atoms with Gasteiger partial charge in [-0.25, -0.2) is 0 Å². The van der Waals surface area contributed by atoms with Gasteiger partial charge in [0.15, 0.2) is 0 Å². The number of nitrogen functional groups attached to an aromatic ring is 1. The van der Waals surface area contributed by atoms with E-state index in [2.05, 4.69) is 47.9 Å². The molecule has 1 heterocycles. The third kappa shape index (κ3) is 2.10. The lowest BCUT2D eigenvalue weighted by Gasteiger charge is -2.09. The predicted molar refractivity (Wildman–Crippen MR) is 82.1 cm³/mol. The van der Waals surface area contributed by atoms with Crippen LogP contribution in [0.1, 0.15) is 13.3 Å². The van der Waals surface area contributed by atoms with Crippen molar-refractivity contribution in [3.63, 3.8) is 0 Å². The molecule has 3 aromatic rings. The highest BCUT2D eigenvalue weighted by atomic mass is 15.0. The molecule has 19 heavy (non-hydrogen) atoms. The van der Waals surface area contributed by atoms with Crippen LogP contribution >= 0.6 is 0 Å². The van der Waals surface area contributed by atoms with Crippen LogP contribution in [0, 0.1) is 0 Å². The summed E-state index contributed by atoms with van der Waals surface area (Å²) in [4.78, 5) is 0. The van der Waals surface area contributed by atoms with E-state index in [-0.39, 0.29) is 0 Å². The standard InChI is InChI=1S/C17H18N2/c1-2-10-19-16-9-8-15(18)11-14(16)12-17(19)13-6-4-3-5-7-13/h3-9,11-12H,2,10,18H2,1H3. The van der Waals surface area contributed by atoms with Gasteiger partial charge in [-0.15, -0.1) is 0 Å². The summed E-state index contributed by atoms with van der Waals surface area (Å²) in [6.07, 6.45) is 1.12. The smallest absolute Gasteiger partial charge is 0.0491 e. The van der Waals surface area contributed by atoms with Gasteiger partial charge in [-0.1, -0.05) is 37.3 Å². The molecule has 0 saturated carbocycles. The molecule has 0 aliphatic rings. The number of hydrogen-bond acceptors (Lipinski definition) is 1. The number of nitrogens with zero attached hydrogens (tertiary/aromatic N) is 1. The van der Waals surface area contributed by atoms with E-state index in [1.807, 2.05) is 18.2 Å². The summed E-state index contributed by atoms with van der Waals surface area (Å²) in [7, 11) is 0. The topological polar surface area (TPSA) is 30.9 Å².